The number of para-hydroxylation sites is 1. The van der Waals surface area contributed by atoms with E-state index >= 15 is 0 Å². The standard InChI is InChI=1S/C20H18N6S/c1-3-7-15(8-4-1)19-16(13-25(22-19)17-9-5-2-6-10-17)14-27-20-21-23-24-26(20)18-11-12-18/h1-10,13,18H,11-12,14H2. The smallest absolute Gasteiger partial charge is 0.209 e. The number of hydrogen-bond donors (Lipinski definition) is 0. The van der Waals surface area contributed by atoms with Crippen LogP contribution < -0.4 is 0 Å². The van der Waals surface area contributed by atoms with Crippen LogP contribution >= 0.6 is 11.8 Å². The van der Waals surface area contributed by atoms with Crippen molar-refractivity contribution in [1.29, 1.82) is 0 Å². The molecule has 27 heavy (non-hydrogen) atoms. The highest BCUT2D eigenvalue weighted by Gasteiger charge is 2.28. The highest BCUT2D eigenvalue weighted by Crippen LogP contribution is 2.37. The summed E-state index contributed by atoms with van der Waals surface area (Å²) in [4.78, 5) is 0. The van der Waals surface area contributed by atoms with Gasteiger partial charge in [-0.1, -0.05) is 60.3 Å². The molecular formula is C20H18N6S. The van der Waals surface area contributed by atoms with Crippen molar-refractivity contribution in [3.63, 3.8) is 0 Å². The molecule has 7 heteroatoms. The number of tetrazole rings is 1. The largest absolute Gasteiger partial charge is 0.240 e. The van der Waals surface area contributed by atoms with E-state index in [1.54, 1.807) is 11.8 Å². The van der Waals surface area contributed by atoms with Gasteiger partial charge in [-0.05, 0) is 35.4 Å². The number of rotatable bonds is 6. The van der Waals surface area contributed by atoms with E-state index in [1.165, 1.54) is 18.4 Å². The van der Waals surface area contributed by atoms with Crippen molar-refractivity contribution >= 4 is 11.8 Å². The molecule has 1 aliphatic rings. The minimum atomic E-state index is 0.475. The summed E-state index contributed by atoms with van der Waals surface area (Å²) in [7, 11) is 0. The summed E-state index contributed by atoms with van der Waals surface area (Å²) in [6.45, 7) is 0. The van der Waals surface area contributed by atoms with Crippen molar-refractivity contribution in [3.8, 4) is 16.9 Å². The van der Waals surface area contributed by atoms with Crippen molar-refractivity contribution in [1.82, 2.24) is 30.0 Å². The molecule has 1 saturated carbocycles. The topological polar surface area (TPSA) is 61.4 Å². The summed E-state index contributed by atoms with van der Waals surface area (Å²) < 4.78 is 3.90. The van der Waals surface area contributed by atoms with Crippen LogP contribution in [0.5, 0.6) is 0 Å². The maximum Gasteiger partial charge on any atom is 0.209 e. The SMILES string of the molecule is c1ccc(-c2nn(-c3ccccc3)cc2CSc2nnnn2C2CC2)cc1. The molecule has 6 nitrogen and oxygen atoms in total. The molecule has 1 fully saturated rings. The first-order chi connectivity index (χ1) is 13.4. The number of benzene rings is 2. The van der Waals surface area contributed by atoms with Gasteiger partial charge in [0.05, 0.1) is 17.4 Å². The quantitative estimate of drug-likeness (QED) is 0.474. The lowest BCUT2D eigenvalue weighted by molar-refractivity contribution is 0.565. The van der Waals surface area contributed by atoms with Crippen molar-refractivity contribution < 1.29 is 0 Å². The van der Waals surface area contributed by atoms with Crippen LogP contribution in [0, 0.1) is 0 Å². The summed E-state index contributed by atoms with van der Waals surface area (Å²) in [6.07, 6.45) is 4.44. The molecule has 0 unspecified atom stereocenters. The fourth-order valence-corrected chi connectivity index (χ4v) is 3.95. The second-order valence-electron chi connectivity index (χ2n) is 6.57. The fraction of sp³-hybridized carbons (Fsp3) is 0.200. The molecule has 2 aromatic carbocycles. The van der Waals surface area contributed by atoms with Crippen molar-refractivity contribution in [2.24, 2.45) is 0 Å². The maximum absolute atomic E-state index is 4.87. The number of aromatic nitrogens is 6. The summed E-state index contributed by atoms with van der Waals surface area (Å²) in [6, 6.07) is 21.0. The van der Waals surface area contributed by atoms with Crippen LogP contribution in [0.4, 0.5) is 0 Å². The molecule has 0 spiro atoms. The van der Waals surface area contributed by atoms with Crippen LogP contribution in [0.25, 0.3) is 16.9 Å². The zero-order valence-electron chi connectivity index (χ0n) is 14.6. The first-order valence-corrected chi connectivity index (χ1v) is 9.97. The second-order valence-corrected chi connectivity index (χ2v) is 7.52. The minimum absolute atomic E-state index is 0.475. The van der Waals surface area contributed by atoms with E-state index in [2.05, 4.69) is 46.0 Å². The molecule has 0 N–H and O–H groups in total. The molecule has 0 aliphatic heterocycles. The van der Waals surface area contributed by atoms with Gasteiger partial charge >= 0.3 is 0 Å². The van der Waals surface area contributed by atoms with Crippen LogP contribution in [-0.2, 0) is 5.75 Å². The Labute approximate surface area is 161 Å². The van der Waals surface area contributed by atoms with Crippen LogP contribution in [0.15, 0.2) is 72.0 Å². The Bertz CT molecular complexity index is 1040. The lowest BCUT2D eigenvalue weighted by Crippen LogP contribution is -1.98. The zero-order chi connectivity index (χ0) is 18.1. The van der Waals surface area contributed by atoms with Crippen molar-refractivity contribution in [2.75, 3.05) is 0 Å². The normalized spacial score (nSPS) is 13.8. The lowest BCUT2D eigenvalue weighted by atomic mass is 10.1. The Hall–Kier alpha value is -2.93. The van der Waals surface area contributed by atoms with E-state index in [4.69, 9.17) is 5.10 Å². The third-order valence-electron chi connectivity index (χ3n) is 4.57. The monoisotopic (exact) mass is 374 g/mol. The van der Waals surface area contributed by atoms with Crippen LogP contribution in [0.1, 0.15) is 24.4 Å². The maximum atomic E-state index is 4.87. The van der Waals surface area contributed by atoms with Gasteiger partial charge in [-0.2, -0.15) is 5.10 Å². The predicted molar refractivity (Wildman–Crippen MR) is 105 cm³/mol. The van der Waals surface area contributed by atoms with E-state index in [1.807, 2.05) is 45.8 Å². The zero-order valence-corrected chi connectivity index (χ0v) is 15.5. The molecule has 5 rings (SSSR count). The Morgan fingerprint density at radius 3 is 2.44 bits per heavy atom. The van der Waals surface area contributed by atoms with Crippen LogP contribution in [0.2, 0.25) is 0 Å². The van der Waals surface area contributed by atoms with Crippen molar-refractivity contribution in [3.05, 3.63) is 72.4 Å². The van der Waals surface area contributed by atoms with Gasteiger partial charge in [-0.3, -0.25) is 0 Å². The summed E-state index contributed by atoms with van der Waals surface area (Å²) >= 11 is 1.67. The first-order valence-electron chi connectivity index (χ1n) is 8.98. The molecule has 0 bridgehead atoms. The molecule has 1 aliphatic carbocycles. The molecule has 4 aromatic rings. The van der Waals surface area contributed by atoms with Gasteiger partial charge < -0.3 is 0 Å². The Kier molecular flexibility index (Phi) is 4.21. The predicted octanol–water partition coefficient (Wildman–Crippen LogP) is 4.15. The lowest BCUT2D eigenvalue weighted by Gasteiger charge is -2.03. The Morgan fingerprint density at radius 1 is 0.963 bits per heavy atom. The van der Waals surface area contributed by atoms with E-state index in [-0.39, 0.29) is 0 Å². The van der Waals surface area contributed by atoms with Gasteiger partial charge in [0.1, 0.15) is 0 Å². The van der Waals surface area contributed by atoms with E-state index in [0.717, 1.165) is 27.9 Å². The minimum Gasteiger partial charge on any atom is -0.240 e. The molecule has 0 amide bonds. The highest BCUT2D eigenvalue weighted by molar-refractivity contribution is 7.98. The first kappa shape index (κ1) is 16.3. The average Bonchev–Trinajstić information content (AvgIpc) is 3.31. The fourth-order valence-electron chi connectivity index (χ4n) is 3.04. The van der Waals surface area contributed by atoms with Crippen LogP contribution in [-0.4, -0.2) is 30.0 Å². The molecule has 2 aromatic heterocycles. The average molecular weight is 374 g/mol. The Balaban J connectivity index is 1.48. The van der Waals surface area contributed by atoms with Crippen molar-refractivity contribution in [2.45, 2.75) is 29.8 Å². The van der Waals surface area contributed by atoms with Gasteiger partial charge in [0.25, 0.3) is 0 Å². The van der Waals surface area contributed by atoms with Gasteiger partial charge in [-0.25, -0.2) is 9.36 Å². The number of hydrogen-bond acceptors (Lipinski definition) is 5. The van der Waals surface area contributed by atoms with Gasteiger partial charge in [0.15, 0.2) is 0 Å². The third-order valence-corrected chi connectivity index (χ3v) is 5.55. The molecule has 0 saturated heterocycles. The van der Waals surface area contributed by atoms with Gasteiger partial charge in [0.2, 0.25) is 5.16 Å². The number of nitrogens with zero attached hydrogens (tertiary/aromatic N) is 6. The van der Waals surface area contributed by atoms with Crippen LogP contribution in [0.3, 0.4) is 0 Å². The molecule has 134 valence electrons. The van der Waals surface area contributed by atoms with E-state index in [9.17, 15) is 0 Å². The second kappa shape index (κ2) is 7.00. The van der Waals surface area contributed by atoms with E-state index < -0.39 is 0 Å². The molecular weight excluding hydrogens is 356 g/mol. The highest BCUT2D eigenvalue weighted by atomic mass is 32.2. The number of thioether (sulfide) groups is 1. The van der Waals surface area contributed by atoms with Gasteiger partial charge in [0, 0.05) is 23.1 Å². The van der Waals surface area contributed by atoms with Gasteiger partial charge in [-0.15, -0.1) is 5.10 Å². The Morgan fingerprint density at radius 2 is 1.70 bits per heavy atom. The molecule has 0 radical (unpaired) electrons. The third kappa shape index (κ3) is 3.38. The molecule has 0 atom stereocenters. The van der Waals surface area contributed by atoms with E-state index in [0.29, 0.717) is 6.04 Å². The summed E-state index contributed by atoms with van der Waals surface area (Å²) in [5.41, 5.74) is 4.33. The molecule has 2 heterocycles. The summed E-state index contributed by atoms with van der Waals surface area (Å²) in [5.74, 6) is 0.768. The summed E-state index contributed by atoms with van der Waals surface area (Å²) in [5, 5.41) is 17.9.